The van der Waals surface area contributed by atoms with Crippen LogP contribution < -0.4 is 0 Å². The molecule has 2 aromatic rings. The molecule has 1 aromatic carbocycles. The number of hydrogen-bond acceptors (Lipinski definition) is 2. The largest absolute Gasteiger partial charge is 0.481 e. The topological polar surface area (TPSA) is 55.1 Å². The van der Waals surface area contributed by atoms with Crippen LogP contribution in [0.3, 0.4) is 0 Å². The summed E-state index contributed by atoms with van der Waals surface area (Å²) >= 11 is 0. The minimum absolute atomic E-state index is 0.154. The van der Waals surface area contributed by atoms with Crippen LogP contribution in [-0.2, 0) is 17.6 Å². The van der Waals surface area contributed by atoms with E-state index in [-0.39, 0.29) is 12.5 Å². The van der Waals surface area contributed by atoms with E-state index >= 15 is 0 Å². The van der Waals surface area contributed by atoms with Gasteiger partial charge in [-0.1, -0.05) is 51.1 Å². The van der Waals surface area contributed by atoms with Gasteiger partial charge in [0.2, 0.25) is 0 Å². The Labute approximate surface area is 131 Å². The van der Waals surface area contributed by atoms with E-state index in [4.69, 9.17) is 5.11 Å². The molecule has 0 aliphatic carbocycles. The zero-order valence-corrected chi connectivity index (χ0v) is 13.5. The molecule has 1 aromatic heterocycles. The minimum Gasteiger partial charge on any atom is -0.481 e. The van der Waals surface area contributed by atoms with Gasteiger partial charge in [-0.25, -0.2) is 4.98 Å². The molecule has 4 heteroatoms. The number of hydrogen-bond donors (Lipinski definition) is 1. The maximum Gasteiger partial charge on any atom is 0.303 e. The smallest absolute Gasteiger partial charge is 0.303 e. The summed E-state index contributed by atoms with van der Waals surface area (Å²) in [7, 11) is 0. The van der Waals surface area contributed by atoms with Gasteiger partial charge in [0, 0.05) is 18.3 Å². The van der Waals surface area contributed by atoms with Crippen LogP contribution >= 0.6 is 0 Å². The van der Waals surface area contributed by atoms with Crippen molar-refractivity contribution in [1.29, 1.82) is 0 Å². The summed E-state index contributed by atoms with van der Waals surface area (Å²) < 4.78 is 2.24. The van der Waals surface area contributed by atoms with Crippen LogP contribution in [0.1, 0.15) is 50.3 Å². The first kappa shape index (κ1) is 16.3. The van der Waals surface area contributed by atoms with E-state index in [0.717, 1.165) is 17.9 Å². The molecule has 118 valence electrons. The van der Waals surface area contributed by atoms with Crippen molar-refractivity contribution in [3.8, 4) is 0 Å². The third-order valence-electron chi connectivity index (χ3n) is 4.01. The molecule has 2 heterocycles. The quantitative estimate of drug-likeness (QED) is 0.936. The van der Waals surface area contributed by atoms with Crippen LogP contribution in [-0.4, -0.2) is 20.6 Å². The van der Waals surface area contributed by atoms with Crippen LogP contribution in [0.15, 0.2) is 36.5 Å². The first-order chi connectivity index (χ1) is 10.7. The van der Waals surface area contributed by atoms with Crippen LogP contribution in [0.5, 0.6) is 0 Å². The number of carbonyl (C=O) groups is 1. The normalized spacial score (nSPS) is 19.2. The Morgan fingerprint density at radius 2 is 2.00 bits per heavy atom. The summed E-state index contributed by atoms with van der Waals surface area (Å²) in [5.41, 5.74) is 2.30. The number of nitrogens with zero attached hydrogens (tertiary/aromatic N) is 2. The van der Waals surface area contributed by atoms with Gasteiger partial charge >= 0.3 is 5.97 Å². The summed E-state index contributed by atoms with van der Waals surface area (Å²) in [6, 6.07) is 10.7. The lowest BCUT2D eigenvalue weighted by Crippen LogP contribution is -2.15. The maximum absolute atomic E-state index is 10.8. The highest BCUT2D eigenvalue weighted by Gasteiger charge is 2.32. The molecule has 0 fully saturated rings. The molecule has 1 N–H and O–H groups in total. The summed E-state index contributed by atoms with van der Waals surface area (Å²) in [5.74, 6) is 0.805. The molecule has 1 aliphatic rings. The monoisotopic (exact) mass is 300 g/mol. The van der Waals surface area contributed by atoms with Crippen molar-refractivity contribution in [2.45, 2.75) is 46.1 Å². The SMILES string of the molecule is CC.CC1Cc2ncc(CCC(=O)O)n2C1c1ccccc1. The third kappa shape index (κ3) is 3.21. The molecule has 2 unspecified atom stereocenters. The molecule has 2 atom stereocenters. The molecule has 4 nitrogen and oxygen atoms in total. The van der Waals surface area contributed by atoms with E-state index in [1.54, 1.807) is 0 Å². The van der Waals surface area contributed by atoms with Gasteiger partial charge in [0.05, 0.1) is 12.5 Å². The van der Waals surface area contributed by atoms with Gasteiger partial charge in [0.25, 0.3) is 0 Å². The predicted octanol–water partition coefficient (Wildman–Crippen LogP) is 3.71. The molecular formula is C18H24N2O2. The Bertz CT molecular complexity index is 619. The average molecular weight is 300 g/mol. The van der Waals surface area contributed by atoms with Crippen molar-refractivity contribution in [3.05, 3.63) is 53.6 Å². The summed E-state index contributed by atoms with van der Waals surface area (Å²) in [6.07, 6.45) is 3.48. The zero-order chi connectivity index (χ0) is 16.1. The molecule has 0 radical (unpaired) electrons. The van der Waals surface area contributed by atoms with Crippen LogP contribution in [0.25, 0.3) is 0 Å². The lowest BCUT2D eigenvalue weighted by atomic mass is 9.95. The van der Waals surface area contributed by atoms with Crippen molar-refractivity contribution in [3.63, 3.8) is 0 Å². The summed E-state index contributed by atoms with van der Waals surface area (Å²) in [4.78, 5) is 15.3. The van der Waals surface area contributed by atoms with E-state index in [2.05, 4.69) is 28.6 Å². The molecule has 0 amide bonds. The fourth-order valence-corrected chi connectivity index (χ4v) is 3.13. The highest BCUT2D eigenvalue weighted by Crippen LogP contribution is 2.37. The molecule has 3 rings (SSSR count). The molecule has 1 aliphatic heterocycles. The van der Waals surface area contributed by atoms with Crippen LogP contribution in [0, 0.1) is 5.92 Å². The Kier molecular flexibility index (Phi) is 5.36. The zero-order valence-electron chi connectivity index (χ0n) is 13.5. The first-order valence-electron chi connectivity index (χ1n) is 7.98. The highest BCUT2D eigenvalue weighted by molar-refractivity contribution is 5.67. The molecule has 0 saturated carbocycles. The Morgan fingerprint density at radius 1 is 1.32 bits per heavy atom. The van der Waals surface area contributed by atoms with Gasteiger partial charge in [-0.3, -0.25) is 4.79 Å². The lowest BCUT2D eigenvalue weighted by molar-refractivity contribution is -0.136. The maximum atomic E-state index is 10.8. The number of aliphatic carboxylic acids is 1. The van der Waals surface area contributed by atoms with Gasteiger partial charge in [-0.05, 0) is 17.9 Å². The molecular weight excluding hydrogens is 276 g/mol. The van der Waals surface area contributed by atoms with E-state index in [1.807, 2.05) is 38.2 Å². The second-order valence-electron chi connectivity index (χ2n) is 5.47. The second kappa shape index (κ2) is 7.25. The molecule has 22 heavy (non-hydrogen) atoms. The number of carboxylic acids is 1. The Hall–Kier alpha value is -2.10. The number of rotatable bonds is 4. The lowest BCUT2D eigenvalue weighted by Gasteiger charge is -2.20. The summed E-state index contributed by atoms with van der Waals surface area (Å²) in [5, 5.41) is 8.87. The van der Waals surface area contributed by atoms with E-state index in [9.17, 15) is 4.79 Å². The second-order valence-corrected chi connectivity index (χ2v) is 5.47. The van der Waals surface area contributed by atoms with Crippen molar-refractivity contribution in [1.82, 2.24) is 9.55 Å². The number of aryl methyl sites for hydroxylation is 1. The Morgan fingerprint density at radius 3 is 2.64 bits per heavy atom. The standard InChI is InChI=1S/C16H18N2O2.C2H6/c1-11-9-14-17-10-13(7-8-15(19)20)18(14)16(11)12-5-3-2-4-6-12;1-2/h2-6,10-11,16H,7-9H2,1H3,(H,19,20);1-2H3. The fourth-order valence-electron chi connectivity index (χ4n) is 3.13. The number of imidazole rings is 1. The van der Waals surface area contributed by atoms with Gasteiger partial charge in [-0.15, -0.1) is 0 Å². The van der Waals surface area contributed by atoms with Gasteiger partial charge in [0.15, 0.2) is 0 Å². The number of carboxylic acid groups (broad SMARTS) is 1. The minimum atomic E-state index is -0.761. The highest BCUT2D eigenvalue weighted by atomic mass is 16.4. The van der Waals surface area contributed by atoms with Gasteiger partial charge < -0.3 is 9.67 Å². The van der Waals surface area contributed by atoms with Crippen LogP contribution in [0.4, 0.5) is 0 Å². The Balaban J connectivity index is 0.000000847. The molecule has 0 bridgehead atoms. The van der Waals surface area contributed by atoms with Crippen molar-refractivity contribution >= 4 is 5.97 Å². The van der Waals surface area contributed by atoms with Gasteiger partial charge in [-0.2, -0.15) is 0 Å². The summed E-state index contributed by atoms with van der Waals surface area (Å²) in [6.45, 7) is 6.23. The van der Waals surface area contributed by atoms with E-state index in [0.29, 0.717) is 12.3 Å². The van der Waals surface area contributed by atoms with Crippen molar-refractivity contribution < 1.29 is 9.90 Å². The molecule has 0 saturated heterocycles. The van der Waals surface area contributed by atoms with Crippen molar-refractivity contribution in [2.75, 3.05) is 0 Å². The van der Waals surface area contributed by atoms with E-state index < -0.39 is 5.97 Å². The van der Waals surface area contributed by atoms with Gasteiger partial charge in [0.1, 0.15) is 5.82 Å². The predicted molar refractivity (Wildman–Crippen MR) is 87.0 cm³/mol. The number of aromatic nitrogens is 2. The number of fused-ring (bicyclic) bond motifs is 1. The van der Waals surface area contributed by atoms with Crippen molar-refractivity contribution in [2.24, 2.45) is 5.92 Å². The van der Waals surface area contributed by atoms with E-state index in [1.165, 1.54) is 5.56 Å². The fraction of sp³-hybridized carbons (Fsp3) is 0.444. The number of benzene rings is 1. The first-order valence-corrected chi connectivity index (χ1v) is 7.98. The third-order valence-corrected chi connectivity index (χ3v) is 4.01. The average Bonchev–Trinajstić information content (AvgIpc) is 3.06. The van der Waals surface area contributed by atoms with Crippen LogP contribution in [0.2, 0.25) is 0 Å². The molecule has 0 spiro atoms.